The lowest BCUT2D eigenvalue weighted by atomic mass is 9.91. The molecule has 1 amide bonds. The van der Waals surface area contributed by atoms with E-state index in [1.165, 1.54) is 12.1 Å². The molecule has 140 valence electrons. The highest BCUT2D eigenvalue weighted by Gasteiger charge is 2.37. The number of ether oxygens (including phenoxy) is 1. The molecule has 1 aliphatic rings. The topological polar surface area (TPSA) is 55.6 Å². The Morgan fingerprint density at radius 2 is 2.00 bits per heavy atom. The molecule has 1 fully saturated rings. The molecular formula is C19H28F2N2O2. The van der Waals surface area contributed by atoms with Crippen LogP contribution in [0.25, 0.3) is 0 Å². The third-order valence-electron chi connectivity index (χ3n) is 4.31. The molecule has 0 spiro atoms. The van der Waals surface area contributed by atoms with E-state index in [9.17, 15) is 13.6 Å². The number of benzene rings is 1. The van der Waals surface area contributed by atoms with Gasteiger partial charge in [-0.2, -0.15) is 0 Å². The molecule has 1 heterocycles. The number of hydrogen-bond donors (Lipinski definition) is 1. The summed E-state index contributed by atoms with van der Waals surface area (Å²) in [6.07, 6.45) is -0.239. The molecule has 2 N–H and O–H groups in total. The first-order chi connectivity index (χ1) is 11.5. The number of likely N-dealkylation sites (tertiary alicyclic amines) is 1. The van der Waals surface area contributed by atoms with Gasteiger partial charge >= 0.3 is 6.09 Å². The van der Waals surface area contributed by atoms with E-state index in [0.717, 1.165) is 0 Å². The Balaban J connectivity index is 1.84. The Morgan fingerprint density at radius 3 is 2.56 bits per heavy atom. The van der Waals surface area contributed by atoms with Gasteiger partial charge in [-0.15, -0.1) is 0 Å². The van der Waals surface area contributed by atoms with Crippen molar-refractivity contribution in [2.24, 2.45) is 11.7 Å². The number of carbonyl (C=O) groups is 1. The van der Waals surface area contributed by atoms with Gasteiger partial charge in [0.05, 0.1) is 0 Å². The Bertz CT molecular complexity index is 606. The molecule has 1 aliphatic heterocycles. The summed E-state index contributed by atoms with van der Waals surface area (Å²) in [6, 6.07) is 6.03. The smallest absolute Gasteiger partial charge is 0.410 e. The van der Waals surface area contributed by atoms with E-state index in [1.54, 1.807) is 44.7 Å². The van der Waals surface area contributed by atoms with Crippen molar-refractivity contribution >= 4 is 6.09 Å². The molecule has 6 heteroatoms. The molecular weight excluding hydrogens is 326 g/mol. The van der Waals surface area contributed by atoms with Crippen molar-refractivity contribution in [2.75, 3.05) is 13.1 Å². The minimum absolute atomic E-state index is 0.00521. The van der Waals surface area contributed by atoms with Crippen LogP contribution in [-0.4, -0.2) is 29.7 Å². The molecule has 0 radical (unpaired) electrons. The molecule has 0 saturated carbocycles. The third-order valence-corrected chi connectivity index (χ3v) is 4.31. The number of nitrogens with two attached hydrogens (primary N) is 1. The van der Waals surface area contributed by atoms with Gasteiger partial charge in [0.15, 0.2) is 0 Å². The lowest BCUT2D eigenvalue weighted by Crippen LogP contribution is -2.51. The van der Waals surface area contributed by atoms with E-state index in [2.05, 4.69) is 0 Å². The number of rotatable bonds is 5. The highest BCUT2D eigenvalue weighted by atomic mass is 19.3. The highest BCUT2D eigenvalue weighted by Crippen LogP contribution is 2.36. The van der Waals surface area contributed by atoms with E-state index in [1.807, 2.05) is 0 Å². The van der Waals surface area contributed by atoms with Crippen LogP contribution in [0.15, 0.2) is 24.3 Å². The van der Waals surface area contributed by atoms with Crippen molar-refractivity contribution in [3.05, 3.63) is 35.4 Å². The highest BCUT2D eigenvalue weighted by molar-refractivity contribution is 5.69. The van der Waals surface area contributed by atoms with Crippen LogP contribution < -0.4 is 5.73 Å². The van der Waals surface area contributed by atoms with Gasteiger partial charge in [-0.25, -0.2) is 13.6 Å². The maximum atomic E-state index is 14.5. The summed E-state index contributed by atoms with van der Waals surface area (Å²) in [7, 11) is 0. The second-order valence-corrected chi connectivity index (χ2v) is 7.91. The van der Waals surface area contributed by atoms with Gasteiger partial charge in [0, 0.05) is 31.1 Å². The number of hydrogen-bond acceptors (Lipinski definition) is 3. The summed E-state index contributed by atoms with van der Waals surface area (Å²) in [5.74, 6) is -2.80. The SMILES string of the molecule is C[C@@H](N)c1cccc(C(F)(F)CCC2CN(C(=O)OC(C)(C)C)C2)c1. The molecule has 1 aromatic rings. The maximum Gasteiger partial charge on any atom is 0.410 e. The zero-order valence-electron chi connectivity index (χ0n) is 15.4. The van der Waals surface area contributed by atoms with E-state index in [0.29, 0.717) is 25.1 Å². The normalized spacial score (nSPS) is 17.2. The Labute approximate surface area is 148 Å². The standard InChI is InChI=1S/C19H28F2N2O2/c1-13(22)15-6-5-7-16(10-15)19(20,21)9-8-14-11-23(12-14)17(24)25-18(2,3)4/h5-7,10,13-14H,8-9,11-12,22H2,1-4H3/t13-/m1/s1. The van der Waals surface area contributed by atoms with Crippen molar-refractivity contribution in [2.45, 2.75) is 58.1 Å². The van der Waals surface area contributed by atoms with Gasteiger partial charge in [-0.3, -0.25) is 0 Å². The fourth-order valence-electron chi connectivity index (χ4n) is 2.81. The minimum Gasteiger partial charge on any atom is -0.444 e. The molecule has 0 aromatic heterocycles. The third kappa shape index (κ3) is 5.39. The van der Waals surface area contributed by atoms with Gasteiger partial charge < -0.3 is 15.4 Å². The molecule has 2 rings (SSSR count). The van der Waals surface area contributed by atoms with Crippen molar-refractivity contribution in [1.82, 2.24) is 4.90 Å². The Kier molecular flexibility index (Phi) is 5.72. The number of nitrogens with zero attached hydrogens (tertiary/aromatic N) is 1. The predicted octanol–water partition coefficient (Wildman–Crippen LogP) is 4.45. The van der Waals surface area contributed by atoms with E-state index < -0.39 is 11.5 Å². The molecule has 25 heavy (non-hydrogen) atoms. The molecule has 0 unspecified atom stereocenters. The largest absolute Gasteiger partial charge is 0.444 e. The first-order valence-electron chi connectivity index (χ1n) is 8.70. The zero-order chi connectivity index (χ0) is 18.8. The monoisotopic (exact) mass is 354 g/mol. The van der Waals surface area contributed by atoms with Crippen LogP contribution in [0.4, 0.5) is 13.6 Å². The van der Waals surface area contributed by atoms with E-state index >= 15 is 0 Å². The van der Waals surface area contributed by atoms with E-state index in [4.69, 9.17) is 10.5 Å². The molecule has 1 aromatic carbocycles. The fourth-order valence-corrected chi connectivity index (χ4v) is 2.81. The minimum atomic E-state index is -2.89. The van der Waals surface area contributed by atoms with Crippen molar-refractivity contribution in [1.29, 1.82) is 0 Å². The molecule has 4 nitrogen and oxygen atoms in total. The lowest BCUT2D eigenvalue weighted by Gasteiger charge is -2.40. The van der Waals surface area contributed by atoms with Gasteiger partial charge in [0.2, 0.25) is 0 Å². The summed E-state index contributed by atoms with van der Waals surface area (Å²) in [6.45, 7) is 8.14. The van der Waals surface area contributed by atoms with Crippen LogP contribution in [-0.2, 0) is 10.7 Å². The molecule has 0 aliphatic carbocycles. The average Bonchev–Trinajstić information content (AvgIpc) is 2.43. The summed E-state index contributed by atoms with van der Waals surface area (Å²) < 4.78 is 34.2. The van der Waals surface area contributed by atoms with E-state index in [-0.39, 0.29) is 30.0 Å². The first kappa shape index (κ1) is 19.6. The number of carbonyl (C=O) groups excluding carboxylic acids is 1. The van der Waals surface area contributed by atoms with Gasteiger partial charge in [-0.1, -0.05) is 18.2 Å². The Hall–Kier alpha value is -1.69. The molecule has 0 bridgehead atoms. The first-order valence-corrected chi connectivity index (χ1v) is 8.70. The van der Waals surface area contributed by atoms with Crippen molar-refractivity contribution < 1.29 is 18.3 Å². The quantitative estimate of drug-likeness (QED) is 0.850. The second-order valence-electron chi connectivity index (χ2n) is 7.91. The van der Waals surface area contributed by atoms with Crippen molar-refractivity contribution in [3.8, 4) is 0 Å². The maximum absolute atomic E-state index is 14.5. The van der Waals surface area contributed by atoms with Gasteiger partial charge in [0.25, 0.3) is 5.92 Å². The predicted molar refractivity (Wildman–Crippen MR) is 93.5 cm³/mol. The lowest BCUT2D eigenvalue weighted by molar-refractivity contribution is -0.0338. The second kappa shape index (κ2) is 7.28. The summed E-state index contributed by atoms with van der Waals surface area (Å²) >= 11 is 0. The van der Waals surface area contributed by atoms with Crippen LogP contribution >= 0.6 is 0 Å². The number of amides is 1. The number of alkyl halides is 2. The summed E-state index contributed by atoms with van der Waals surface area (Å²) in [5, 5.41) is 0. The summed E-state index contributed by atoms with van der Waals surface area (Å²) in [5.41, 5.74) is 5.94. The number of halogens is 2. The van der Waals surface area contributed by atoms with Crippen molar-refractivity contribution in [3.63, 3.8) is 0 Å². The van der Waals surface area contributed by atoms with Crippen LogP contribution in [0, 0.1) is 5.92 Å². The van der Waals surface area contributed by atoms with Crippen LogP contribution in [0.1, 0.15) is 57.7 Å². The van der Waals surface area contributed by atoms with Crippen LogP contribution in [0.3, 0.4) is 0 Å². The Morgan fingerprint density at radius 1 is 1.36 bits per heavy atom. The van der Waals surface area contributed by atoms with Crippen LogP contribution in [0.5, 0.6) is 0 Å². The van der Waals surface area contributed by atoms with Gasteiger partial charge in [0.1, 0.15) is 5.60 Å². The molecule has 1 atom stereocenters. The zero-order valence-corrected chi connectivity index (χ0v) is 15.4. The molecule has 1 saturated heterocycles. The van der Waals surface area contributed by atoms with Crippen LogP contribution in [0.2, 0.25) is 0 Å². The average molecular weight is 354 g/mol. The fraction of sp³-hybridized carbons (Fsp3) is 0.632. The van der Waals surface area contributed by atoms with Gasteiger partial charge in [-0.05, 0) is 51.7 Å². The summed E-state index contributed by atoms with van der Waals surface area (Å²) in [4.78, 5) is 13.4.